The van der Waals surface area contributed by atoms with Gasteiger partial charge in [-0.2, -0.15) is 0 Å². The minimum absolute atomic E-state index is 0.206. The molecule has 0 fully saturated rings. The third kappa shape index (κ3) is 4.85. The molecule has 0 saturated heterocycles. The normalized spacial score (nSPS) is 10.7. The van der Waals surface area contributed by atoms with Gasteiger partial charge < -0.3 is 5.32 Å². The fourth-order valence-corrected chi connectivity index (χ4v) is 5.00. The minimum Gasteiger partial charge on any atom is -0.321 e. The zero-order valence-corrected chi connectivity index (χ0v) is 18.4. The van der Waals surface area contributed by atoms with E-state index in [1.165, 1.54) is 34.0 Å². The summed E-state index contributed by atoms with van der Waals surface area (Å²) in [5, 5.41) is 7.96. The summed E-state index contributed by atoms with van der Waals surface area (Å²) >= 11 is 15.5. The van der Waals surface area contributed by atoms with Crippen LogP contribution in [0.1, 0.15) is 19.3 Å². The van der Waals surface area contributed by atoms with Gasteiger partial charge in [0.05, 0.1) is 24.1 Å². The van der Waals surface area contributed by atoms with E-state index in [2.05, 4.69) is 15.6 Å². The summed E-state index contributed by atoms with van der Waals surface area (Å²) in [7, 11) is 0. The van der Waals surface area contributed by atoms with Crippen molar-refractivity contribution in [3.05, 3.63) is 72.3 Å². The highest BCUT2D eigenvalue weighted by Gasteiger charge is 2.13. The molecule has 4 rings (SSSR count). The SMILES string of the molecule is O=C(Nc1ccc(-c2csc(NC(=O)c3ccc(Cl)s3)n2)cc1)c1ccc(Cl)s1. The second-order valence-corrected chi connectivity index (χ2v) is 10.0. The van der Waals surface area contributed by atoms with Gasteiger partial charge >= 0.3 is 0 Å². The molecular formula is C19H11Cl2N3O2S3. The van der Waals surface area contributed by atoms with Gasteiger partial charge in [-0.3, -0.25) is 14.9 Å². The van der Waals surface area contributed by atoms with Crippen molar-refractivity contribution < 1.29 is 9.59 Å². The topological polar surface area (TPSA) is 71.1 Å². The van der Waals surface area contributed by atoms with Crippen LogP contribution in [0.15, 0.2) is 53.9 Å². The first-order valence-electron chi connectivity index (χ1n) is 8.17. The van der Waals surface area contributed by atoms with E-state index in [-0.39, 0.29) is 11.8 Å². The summed E-state index contributed by atoms with van der Waals surface area (Å²) in [4.78, 5) is 29.9. The Labute approximate surface area is 188 Å². The molecule has 3 aromatic heterocycles. The molecule has 0 spiro atoms. The maximum Gasteiger partial charge on any atom is 0.267 e. The largest absolute Gasteiger partial charge is 0.321 e. The van der Waals surface area contributed by atoms with Gasteiger partial charge in [0.25, 0.3) is 11.8 Å². The molecule has 0 radical (unpaired) electrons. The van der Waals surface area contributed by atoms with E-state index in [1.54, 1.807) is 36.4 Å². The Hall–Kier alpha value is -2.23. The van der Waals surface area contributed by atoms with E-state index in [0.717, 1.165) is 11.3 Å². The van der Waals surface area contributed by atoms with Crippen molar-refractivity contribution >= 4 is 79.8 Å². The highest BCUT2D eigenvalue weighted by atomic mass is 35.5. The van der Waals surface area contributed by atoms with Gasteiger partial charge in [-0.15, -0.1) is 34.0 Å². The molecule has 2 N–H and O–H groups in total. The van der Waals surface area contributed by atoms with Crippen LogP contribution in [0.2, 0.25) is 8.67 Å². The van der Waals surface area contributed by atoms with Crippen LogP contribution < -0.4 is 10.6 Å². The molecule has 29 heavy (non-hydrogen) atoms. The van der Waals surface area contributed by atoms with Crippen LogP contribution in [-0.4, -0.2) is 16.8 Å². The first-order chi connectivity index (χ1) is 14.0. The number of halogens is 2. The average Bonchev–Trinajstić information content (AvgIpc) is 3.44. The summed E-state index contributed by atoms with van der Waals surface area (Å²) in [6.45, 7) is 0. The number of nitrogens with zero attached hydrogens (tertiary/aromatic N) is 1. The van der Waals surface area contributed by atoms with Crippen molar-refractivity contribution in [3.8, 4) is 11.3 Å². The van der Waals surface area contributed by atoms with Crippen LogP contribution in [-0.2, 0) is 0 Å². The zero-order chi connectivity index (χ0) is 20.4. The number of amides is 2. The van der Waals surface area contributed by atoms with Crippen LogP contribution in [0.25, 0.3) is 11.3 Å². The van der Waals surface area contributed by atoms with Gasteiger partial charge in [-0.25, -0.2) is 4.98 Å². The van der Waals surface area contributed by atoms with E-state index in [0.29, 0.717) is 29.2 Å². The Morgan fingerprint density at radius 3 is 1.93 bits per heavy atom. The molecule has 3 heterocycles. The van der Waals surface area contributed by atoms with E-state index in [9.17, 15) is 9.59 Å². The lowest BCUT2D eigenvalue weighted by molar-refractivity contribution is 0.102. The summed E-state index contributed by atoms with van der Waals surface area (Å²) < 4.78 is 1.13. The predicted molar refractivity (Wildman–Crippen MR) is 122 cm³/mol. The molecule has 4 aromatic rings. The molecule has 1 aromatic carbocycles. The number of aromatic nitrogens is 1. The van der Waals surface area contributed by atoms with Crippen molar-refractivity contribution in [1.29, 1.82) is 0 Å². The Kier molecular flexibility index (Phi) is 5.98. The lowest BCUT2D eigenvalue weighted by atomic mass is 10.1. The molecule has 0 saturated carbocycles. The van der Waals surface area contributed by atoms with Crippen LogP contribution in [0, 0.1) is 0 Å². The van der Waals surface area contributed by atoms with Crippen molar-refractivity contribution in [2.24, 2.45) is 0 Å². The maximum atomic E-state index is 12.2. The highest BCUT2D eigenvalue weighted by molar-refractivity contribution is 7.18. The van der Waals surface area contributed by atoms with Crippen molar-refractivity contribution in [2.75, 3.05) is 10.6 Å². The Bertz CT molecular complexity index is 1180. The lowest BCUT2D eigenvalue weighted by Crippen LogP contribution is -2.10. The summed E-state index contributed by atoms with van der Waals surface area (Å²) in [5.41, 5.74) is 2.28. The number of thiazole rings is 1. The van der Waals surface area contributed by atoms with Gasteiger partial charge in [-0.05, 0) is 36.4 Å². The second-order valence-electron chi connectivity index (χ2n) is 5.73. The van der Waals surface area contributed by atoms with E-state index in [1.807, 2.05) is 17.5 Å². The van der Waals surface area contributed by atoms with Crippen molar-refractivity contribution in [2.45, 2.75) is 0 Å². The molecule has 0 unspecified atom stereocenters. The molecular weight excluding hydrogens is 469 g/mol. The number of carbonyl (C=O) groups excluding carboxylic acids is 2. The number of thiophene rings is 2. The number of hydrogen-bond acceptors (Lipinski definition) is 6. The average molecular weight is 480 g/mol. The number of nitrogens with one attached hydrogen (secondary N) is 2. The molecule has 10 heteroatoms. The van der Waals surface area contributed by atoms with Crippen LogP contribution in [0.3, 0.4) is 0 Å². The molecule has 146 valence electrons. The third-order valence-corrected chi connectivity index (χ3v) is 6.97. The first kappa shape index (κ1) is 20.1. The molecule has 0 atom stereocenters. The maximum absolute atomic E-state index is 12.2. The number of rotatable bonds is 5. The Morgan fingerprint density at radius 2 is 1.38 bits per heavy atom. The molecule has 0 aliphatic heterocycles. The van der Waals surface area contributed by atoms with E-state index in [4.69, 9.17) is 23.2 Å². The van der Waals surface area contributed by atoms with Crippen molar-refractivity contribution in [1.82, 2.24) is 4.98 Å². The molecule has 5 nitrogen and oxygen atoms in total. The smallest absolute Gasteiger partial charge is 0.267 e. The molecule has 0 bridgehead atoms. The highest BCUT2D eigenvalue weighted by Crippen LogP contribution is 2.28. The quantitative estimate of drug-likeness (QED) is 0.332. The minimum atomic E-state index is -0.241. The predicted octanol–water partition coefficient (Wildman–Crippen LogP) is 6.74. The van der Waals surface area contributed by atoms with Gasteiger partial charge in [-0.1, -0.05) is 35.3 Å². The standard InChI is InChI=1S/C19H11Cl2N3O2S3/c20-15-7-5-13(28-15)17(25)22-11-3-1-10(2-4-11)12-9-27-19(23-12)24-18(26)14-6-8-16(21)29-14/h1-9H,(H,22,25)(H,23,24,26). The number of carbonyl (C=O) groups is 2. The van der Waals surface area contributed by atoms with Gasteiger partial charge in [0.2, 0.25) is 0 Å². The molecule has 0 aliphatic carbocycles. The van der Waals surface area contributed by atoms with Gasteiger partial charge in [0.1, 0.15) is 0 Å². The summed E-state index contributed by atoms with van der Waals surface area (Å²) in [6, 6.07) is 14.0. The fraction of sp³-hybridized carbons (Fsp3) is 0. The monoisotopic (exact) mass is 479 g/mol. The van der Waals surface area contributed by atoms with Gasteiger partial charge in [0, 0.05) is 16.6 Å². The summed E-state index contributed by atoms with van der Waals surface area (Å²) in [5.74, 6) is -0.448. The summed E-state index contributed by atoms with van der Waals surface area (Å²) in [6.07, 6.45) is 0. The number of benzene rings is 1. The van der Waals surface area contributed by atoms with E-state index >= 15 is 0 Å². The van der Waals surface area contributed by atoms with E-state index < -0.39 is 0 Å². The second kappa shape index (κ2) is 8.64. The van der Waals surface area contributed by atoms with Crippen LogP contribution in [0.4, 0.5) is 10.8 Å². The fourth-order valence-electron chi connectivity index (χ4n) is 2.41. The van der Waals surface area contributed by atoms with Gasteiger partial charge in [0.15, 0.2) is 5.13 Å². The van der Waals surface area contributed by atoms with Crippen molar-refractivity contribution in [3.63, 3.8) is 0 Å². The molecule has 0 aliphatic rings. The number of anilines is 2. The zero-order valence-electron chi connectivity index (χ0n) is 14.4. The lowest BCUT2D eigenvalue weighted by Gasteiger charge is -2.04. The Balaban J connectivity index is 1.41. The Morgan fingerprint density at radius 1 is 0.793 bits per heavy atom. The van der Waals surface area contributed by atoms with Crippen LogP contribution >= 0.6 is 57.2 Å². The molecule has 2 amide bonds. The third-order valence-electron chi connectivity index (χ3n) is 3.76. The number of hydrogen-bond donors (Lipinski definition) is 2. The first-order valence-corrected chi connectivity index (χ1v) is 11.4. The van der Waals surface area contributed by atoms with Crippen LogP contribution in [0.5, 0.6) is 0 Å².